The number of rotatable bonds is 5. The molecule has 1 fully saturated rings. The van der Waals surface area contributed by atoms with E-state index in [9.17, 15) is 4.79 Å². The molecule has 110 valence electrons. The molecule has 0 aromatic heterocycles. The van der Waals surface area contributed by atoms with Crippen molar-refractivity contribution < 1.29 is 4.79 Å². The lowest BCUT2D eigenvalue weighted by Crippen LogP contribution is -2.40. The fourth-order valence-electron chi connectivity index (χ4n) is 3.25. The summed E-state index contributed by atoms with van der Waals surface area (Å²) in [6.07, 6.45) is 5.33. The Morgan fingerprint density at radius 1 is 1.25 bits per heavy atom. The van der Waals surface area contributed by atoms with E-state index in [2.05, 4.69) is 19.2 Å². The first-order chi connectivity index (χ1) is 9.58. The molecule has 0 aliphatic heterocycles. The molecule has 0 bridgehead atoms. The number of benzene rings is 1. The highest BCUT2D eigenvalue weighted by molar-refractivity contribution is 5.92. The van der Waals surface area contributed by atoms with Crippen LogP contribution < -0.4 is 11.1 Å². The summed E-state index contributed by atoms with van der Waals surface area (Å²) in [6, 6.07) is 8.21. The van der Waals surface area contributed by atoms with Crippen LogP contribution in [0.2, 0.25) is 0 Å². The maximum Gasteiger partial charge on any atom is 0.248 e. The predicted molar refractivity (Wildman–Crippen MR) is 82.4 cm³/mol. The van der Waals surface area contributed by atoms with Gasteiger partial charge in [0.1, 0.15) is 0 Å². The summed E-state index contributed by atoms with van der Waals surface area (Å²) in [7, 11) is 0. The van der Waals surface area contributed by atoms with Crippen LogP contribution in [0.4, 0.5) is 0 Å². The molecular weight excluding hydrogens is 248 g/mol. The lowest BCUT2D eigenvalue weighted by atomic mass is 9.78. The number of nitrogens with two attached hydrogens (primary N) is 1. The summed E-state index contributed by atoms with van der Waals surface area (Å²) in [5.41, 5.74) is 7.04. The molecule has 0 saturated heterocycles. The van der Waals surface area contributed by atoms with Crippen LogP contribution in [0.15, 0.2) is 24.3 Å². The normalized spacial score (nSPS) is 22.9. The van der Waals surface area contributed by atoms with Crippen molar-refractivity contribution in [1.82, 2.24) is 5.32 Å². The number of amides is 1. The summed E-state index contributed by atoms with van der Waals surface area (Å²) >= 11 is 0. The Bertz CT molecular complexity index is 439. The first-order valence-corrected chi connectivity index (χ1v) is 7.70. The highest BCUT2D eigenvalue weighted by Gasteiger charge is 2.26. The highest BCUT2D eigenvalue weighted by Crippen LogP contribution is 2.30. The number of carbonyl (C=O) groups is 1. The minimum Gasteiger partial charge on any atom is -0.366 e. The van der Waals surface area contributed by atoms with Crippen LogP contribution >= 0.6 is 0 Å². The van der Waals surface area contributed by atoms with Crippen LogP contribution in [0, 0.1) is 11.8 Å². The summed E-state index contributed by atoms with van der Waals surface area (Å²) in [4.78, 5) is 11.0. The van der Waals surface area contributed by atoms with Crippen molar-refractivity contribution in [2.75, 3.05) is 0 Å². The number of nitrogens with one attached hydrogen (secondary N) is 1. The molecule has 1 aromatic rings. The van der Waals surface area contributed by atoms with Crippen molar-refractivity contribution in [3.63, 3.8) is 0 Å². The second-order valence-electron chi connectivity index (χ2n) is 6.24. The predicted octanol–water partition coefficient (Wildman–Crippen LogP) is 3.09. The van der Waals surface area contributed by atoms with Gasteiger partial charge in [0.2, 0.25) is 5.91 Å². The second-order valence-corrected chi connectivity index (χ2v) is 6.24. The van der Waals surface area contributed by atoms with E-state index in [4.69, 9.17) is 5.73 Å². The maximum atomic E-state index is 11.0. The Morgan fingerprint density at radius 2 is 1.90 bits per heavy atom. The molecule has 1 amide bonds. The zero-order valence-corrected chi connectivity index (χ0v) is 12.6. The fraction of sp³-hybridized carbons (Fsp3) is 0.588. The molecule has 3 nitrogen and oxygen atoms in total. The number of primary amides is 1. The molecule has 20 heavy (non-hydrogen) atoms. The van der Waals surface area contributed by atoms with E-state index < -0.39 is 0 Å². The monoisotopic (exact) mass is 274 g/mol. The third-order valence-corrected chi connectivity index (χ3v) is 4.48. The second kappa shape index (κ2) is 6.89. The zero-order valence-electron chi connectivity index (χ0n) is 12.6. The Morgan fingerprint density at radius 3 is 2.50 bits per heavy atom. The summed E-state index contributed by atoms with van der Waals surface area (Å²) < 4.78 is 0. The number of hydrogen-bond donors (Lipinski definition) is 2. The number of carbonyl (C=O) groups excluding carboxylic acids is 1. The molecule has 2 unspecified atom stereocenters. The molecule has 0 heterocycles. The SMILES string of the molecule is CC(C)C1CCCCC1NCc1ccc(C(N)=O)cc1. The molecule has 3 heteroatoms. The van der Waals surface area contributed by atoms with Gasteiger partial charge >= 0.3 is 0 Å². The molecule has 1 aliphatic carbocycles. The summed E-state index contributed by atoms with van der Waals surface area (Å²) in [5, 5.41) is 3.70. The first kappa shape index (κ1) is 15.0. The van der Waals surface area contributed by atoms with Gasteiger partial charge in [-0.25, -0.2) is 0 Å². The van der Waals surface area contributed by atoms with Crippen molar-refractivity contribution in [3.8, 4) is 0 Å². The average molecular weight is 274 g/mol. The van der Waals surface area contributed by atoms with Crippen LogP contribution in [0.3, 0.4) is 0 Å². The van der Waals surface area contributed by atoms with Gasteiger partial charge in [-0.1, -0.05) is 38.8 Å². The smallest absolute Gasteiger partial charge is 0.248 e. The van der Waals surface area contributed by atoms with E-state index in [1.807, 2.05) is 12.1 Å². The third kappa shape index (κ3) is 3.83. The Kier molecular flexibility index (Phi) is 5.18. The van der Waals surface area contributed by atoms with E-state index >= 15 is 0 Å². The van der Waals surface area contributed by atoms with Crippen molar-refractivity contribution >= 4 is 5.91 Å². The molecular formula is C17H26N2O. The Balaban J connectivity index is 1.91. The van der Waals surface area contributed by atoms with Gasteiger partial charge in [-0.15, -0.1) is 0 Å². The fourth-order valence-corrected chi connectivity index (χ4v) is 3.25. The van der Waals surface area contributed by atoms with Crippen LogP contribution in [0.5, 0.6) is 0 Å². The minimum atomic E-state index is -0.364. The summed E-state index contributed by atoms with van der Waals surface area (Å²) in [5.74, 6) is 1.16. The minimum absolute atomic E-state index is 0.364. The van der Waals surface area contributed by atoms with Crippen molar-refractivity contribution in [2.45, 2.75) is 52.1 Å². The van der Waals surface area contributed by atoms with Gasteiger partial charge in [-0.05, 0) is 42.4 Å². The molecule has 0 radical (unpaired) electrons. The maximum absolute atomic E-state index is 11.0. The lowest BCUT2D eigenvalue weighted by molar-refractivity contribution is 0.100. The van der Waals surface area contributed by atoms with E-state index in [0.717, 1.165) is 18.4 Å². The van der Waals surface area contributed by atoms with E-state index in [1.54, 1.807) is 12.1 Å². The standard InChI is InChI=1S/C17H26N2O/c1-12(2)15-5-3-4-6-16(15)19-11-13-7-9-14(10-8-13)17(18)20/h7-10,12,15-16,19H,3-6,11H2,1-2H3,(H2,18,20). The van der Waals surface area contributed by atoms with Crippen LogP contribution in [-0.2, 0) is 6.54 Å². The van der Waals surface area contributed by atoms with Crippen LogP contribution in [0.25, 0.3) is 0 Å². The molecule has 2 atom stereocenters. The summed E-state index contributed by atoms with van der Waals surface area (Å²) in [6.45, 7) is 5.52. The third-order valence-electron chi connectivity index (χ3n) is 4.48. The quantitative estimate of drug-likeness (QED) is 0.867. The van der Waals surface area contributed by atoms with E-state index in [-0.39, 0.29) is 5.91 Å². The lowest BCUT2D eigenvalue weighted by Gasteiger charge is -2.35. The van der Waals surface area contributed by atoms with Crippen LogP contribution in [0.1, 0.15) is 55.5 Å². The van der Waals surface area contributed by atoms with Crippen molar-refractivity contribution in [2.24, 2.45) is 17.6 Å². The van der Waals surface area contributed by atoms with Gasteiger partial charge in [-0.2, -0.15) is 0 Å². The average Bonchev–Trinajstić information content (AvgIpc) is 2.45. The van der Waals surface area contributed by atoms with Gasteiger partial charge in [0.25, 0.3) is 0 Å². The van der Waals surface area contributed by atoms with Crippen molar-refractivity contribution in [3.05, 3.63) is 35.4 Å². The van der Waals surface area contributed by atoms with E-state index in [1.165, 1.54) is 31.2 Å². The van der Waals surface area contributed by atoms with Gasteiger partial charge in [0, 0.05) is 18.2 Å². The van der Waals surface area contributed by atoms with Gasteiger partial charge in [0.05, 0.1) is 0 Å². The largest absolute Gasteiger partial charge is 0.366 e. The Labute approximate surface area is 121 Å². The zero-order chi connectivity index (χ0) is 14.5. The highest BCUT2D eigenvalue weighted by atomic mass is 16.1. The van der Waals surface area contributed by atoms with Gasteiger partial charge in [0.15, 0.2) is 0 Å². The molecule has 2 rings (SSSR count). The molecule has 1 saturated carbocycles. The molecule has 1 aliphatic rings. The topological polar surface area (TPSA) is 55.1 Å². The van der Waals surface area contributed by atoms with Gasteiger partial charge in [-0.3, -0.25) is 4.79 Å². The number of hydrogen-bond acceptors (Lipinski definition) is 2. The molecule has 3 N–H and O–H groups in total. The Hall–Kier alpha value is -1.35. The molecule has 0 spiro atoms. The van der Waals surface area contributed by atoms with Gasteiger partial charge < -0.3 is 11.1 Å². The van der Waals surface area contributed by atoms with Crippen LogP contribution in [-0.4, -0.2) is 11.9 Å². The van der Waals surface area contributed by atoms with E-state index in [0.29, 0.717) is 11.6 Å². The first-order valence-electron chi connectivity index (χ1n) is 7.70. The molecule has 1 aromatic carbocycles. The van der Waals surface area contributed by atoms with Crippen molar-refractivity contribution in [1.29, 1.82) is 0 Å².